The predicted molar refractivity (Wildman–Crippen MR) is 63.5 cm³/mol. The summed E-state index contributed by atoms with van der Waals surface area (Å²) < 4.78 is 0. The average Bonchev–Trinajstić information content (AvgIpc) is 3.03. The van der Waals surface area contributed by atoms with Crippen LogP contribution in [0.5, 0.6) is 0 Å². The van der Waals surface area contributed by atoms with E-state index in [9.17, 15) is 14.4 Å². The van der Waals surface area contributed by atoms with Gasteiger partial charge in [0.05, 0.1) is 11.6 Å². The quantitative estimate of drug-likeness (QED) is 0.602. The van der Waals surface area contributed by atoms with Crippen molar-refractivity contribution in [3.63, 3.8) is 0 Å². The van der Waals surface area contributed by atoms with Crippen LogP contribution in [0.2, 0.25) is 0 Å². The van der Waals surface area contributed by atoms with Crippen LogP contribution in [0.25, 0.3) is 0 Å². The van der Waals surface area contributed by atoms with E-state index in [1.54, 1.807) is 12.3 Å². The Labute approximate surface area is 107 Å². The van der Waals surface area contributed by atoms with Crippen molar-refractivity contribution in [3.05, 3.63) is 16.1 Å². The van der Waals surface area contributed by atoms with E-state index >= 15 is 0 Å². The van der Waals surface area contributed by atoms with Gasteiger partial charge in [0, 0.05) is 5.38 Å². The number of hydrogen-bond acceptors (Lipinski definition) is 5. The minimum atomic E-state index is -1.31. The molecule has 1 saturated carbocycles. The number of ketones is 1. The smallest absolute Gasteiger partial charge is 0.319 e. The molecule has 1 amide bonds. The van der Waals surface area contributed by atoms with Gasteiger partial charge in [0.1, 0.15) is 11.1 Å². The molecule has 0 radical (unpaired) electrons. The highest BCUT2D eigenvalue weighted by atomic mass is 32.1. The molecule has 1 aliphatic carbocycles. The number of nitrogens with one attached hydrogen (secondary N) is 1. The number of Topliss-reactive ketones (excluding diaryl/α,β-unsaturated/α-hetero) is 1. The number of carbonyl (C=O) groups excluding carboxylic acids is 2. The van der Waals surface area contributed by atoms with Gasteiger partial charge in [0.15, 0.2) is 0 Å². The molecule has 0 aromatic carbocycles. The van der Waals surface area contributed by atoms with Crippen LogP contribution in [0.3, 0.4) is 0 Å². The molecular weight excluding hydrogens is 256 g/mol. The molecule has 1 aromatic rings. The van der Waals surface area contributed by atoms with Crippen molar-refractivity contribution in [1.29, 1.82) is 0 Å². The first-order valence-corrected chi connectivity index (χ1v) is 6.31. The summed E-state index contributed by atoms with van der Waals surface area (Å²) in [5.74, 6) is -2.03. The maximum absolute atomic E-state index is 11.7. The molecule has 1 heterocycles. The van der Waals surface area contributed by atoms with Crippen LogP contribution in [0.1, 0.15) is 28.3 Å². The molecular formula is C11H12N2O4S. The Morgan fingerprint density at radius 3 is 2.61 bits per heavy atom. The topological polar surface area (TPSA) is 96.4 Å². The van der Waals surface area contributed by atoms with Crippen molar-refractivity contribution in [2.24, 2.45) is 5.41 Å². The van der Waals surface area contributed by atoms with Gasteiger partial charge in [-0.1, -0.05) is 0 Å². The van der Waals surface area contributed by atoms with E-state index in [2.05, 4.69) is 10.3 Å². The normalized spacial score (nSPS) is 16.1. The monoisotopic (exact) mass is 268 g/mol. The van der Waals surface area contributed by atoms with E-state index in [1.165, 1.54) is 11.3 Å². The lowest BCUT2D eigenvalue weighted by atomic mass is 10.1. The number of aliphatic carboxylic acids is 1. The highest BCUT2D eigenvalue weighted by molar-refractivity contribution is 7.09. The van der Waals surface area contributed by atoms with Crippen molar-refractivity contribution in [3.8, 4) is 0 Å². The minimum absolute atomic E-state index is 0.211. The van der Waals surface area contributed by atoms with Crippen LogP contribution < -0.4 is 5.32 Å². The zero-order chi connectivity index (χ0) is 13.3. The number of carbonyl (C=O) groups is 3. The summed E-state index contributed by atoms with van der Waals surface area (Å²) in [5, 5.41) is 13.7. The van der Waals surface area contributed by atoms with Crippen LogP contribution in [-0.4, -0.2) is 34.3 Å². The third-order valence-corrected chi connectivity index (χ3v) is 3.68. The Bertz CT molecular complexity index is 519. The molecule has 0 unspecified atom stereocenters. The Kier molecular flexibility index (Phi) is 3.16. The van der Waals surface area contributed by atoms with Gasteiger partial charge < -0.3 is 10.4 Å². The highest BCUT2D eigenvalue weighted by Crippen LogP contribution is 2.45. The number of aromatic nitrogens is 1. The minimum Gasteiger partial charge on any atom is -0.480 e. The van der Waals surface area contributed by atoms with Gasteiger partial charge >= 0.3 is 5.97 Å². The number of amides is 1. The van der Waals surface area contributed by atoms with Crippen LogP contribution in [-0.2, 0) is 9.59 Å². The number of aryl methyl sites for hydroxylation is 1. The molecule has 0 bridgehead atoms. The molecule has 1 aromatic heterocycles. The molecule has 2 rings (SSSR count). The number of hydrogen-bond donors (Lipinski definition) is 2. The summed E-state index contributed by atoms with van der Waals surface area (Å²) in [6.45, 7) is 1.57. The maximum atomic E-state index is 11.7. The number of nitrogens with zero attached hydrogens (tertiary/aromatic N) is 1. The summed E-state index contributed by atoms with van der Waals surface area (Å²) in [4.78, 5) is 38.2. The molecule has 0 saturated heterocycles. The fraction of sp³-hybridized carbons (Fsp3) is 0.455. The van der Waals surface area contributed by atoms with Gasteiger partial charge in [0.25, 0.3) is 0 Å². The summed E-state index contributed by atoms with van der Waals surface area (Å²) in [5.41, 5.74) is -1.00. The Morgan fingerprint density at radius 1 is 1.50 bits per heavy atom. The average molecular weight is 268 g/mol. The lowest BCUT2D eigenvalue weighted by Crippen LogP contribution is -2.39. The van der Waals surface area contributed by atoms with Crippen LogP contribution in [0, 0.1) is 12.3 Å². The zero-order valence-electron chi connectivity index (χ0n) is 9.73. The van der Waals surface area contributed by atoms with Gasteiger partial charge in [-0.05, 0) is 19.8 Å². The molecule has 2 N–H and O–H groups in total. The largest absolute Gasteiger partial charge is 0.480 e. The fourth-order valence-electron chi connectivity index (χ4n) is 1.57. The fourth-order valence-corrected chi connectivity index (χ4v) is 2.19. The first-order valence-electron chi connectivity index (χ1n) is 5.43. The SMILES string of the molecule is Cc1nc(C(=O)CNC(=O)C2(C(=O)O)CC2)cs1. The van der Waals surface area contributed by atoms with Gasteiger partial charge in [-0.3, -0.25) is 14.4 Å². The third-order valence-electron chi connectivity index (χ3n) is 2.91. The molecule has 18 heavy (non-hydrogen) atoms. The standard InChI is InChI=1S/C11H12N2O4S/c1-6-13-7(5-18-6)8(14)4-12-9(15)11(2-3-11)10(16)17/h5H,2-4H2,1H3,(H,12,15)(H,16,17). The molecule has 0 atom stereocenters. The number of thiazole rings is 1. The number of carboxylic acid groups (broad SMARTS) is 1. The Hall–Kier alpha value is -1.76. The van der Waals surface area contributed by atoms with Crippen molar-refractivity contribution < 1.29 is 19.5 Å². The molecule has 6 nitrogen and oxygen atoms in total. The maximum Gasteiger partial charge on any atom is 0.319 e. The number of rotatable bonds is 5. The van der Waals surface area contributed by atoms with E-state index in [0.29, 0.717) is 18.5 Å². The van der Waals surface area contributed by atoms with E-state index < -0.39 is 17.3 Å². The lowest BCUT2D eigenvalue weighted by Gasteiger charge is -2.09. The molecule has 1 aliphatic rings. The first kappa shape index (κ1) is 12.7. The van der Waals surface area contributed by atoms with Gasteiger partial charge in [-0.15, -0.1) is 11.3 Å². The van der Waals surface area contributed by atoms with Crippen molar-refractivity contribution in [1.82, 2.24) is 10.3 Å². The first-order chi connectivity index (χ1) is 8.45. The van der Waals surface area contributed by atoms with Crippen LogP contribution in [0.4, 0.5) is 0 Å². The van der Waals surface area contributed by atoms with Gasteiger partial charge in [-0.25, -0.2) is 4.98 Å². The summed E-state index contributed by atoms with van der Waals surface area (Å²) in [6, 6.07) is 0. The summed E-state index contributed by atoms with van der Waals surface area (Å²) in [6.07, 6.45) is 0.663. The third kappa shape index (κ3) is 2.26. The molecule has 0 aliphatic heterocycles. The molecule has 7 heteroatoms. The molecule has 0 spiro atoms. The lowest BCUT2D eigenvalue weighted by molar-refractivity contribution is -0.148. The molecule has 1 fully saturated rings. The second-order valence-electron chi connectivity index (χ2n) is 4.24. The zero-order valence-corrected chi connectivity index (χ0v) is 10.5. The van der Waals surface area contributed by atoms with E-state index in [0.717, 1.165) is 5.01 Å². The van der Waals surface area contributed by atoms with Gasteiger partial charge in [0.2, 0.25) is 11.7 Å². The van der Waals surface area contributed by atoms with Crippen molar-refractivity contribution >= 4 is 29.0 Å². The highest BCUT2D eigenvalue weighted by Gasteiger charge is 2.57. The van der Waals surface area contributed by atoms with E-state index in [4.69, 9.17) is 5.11 Å². The second kappa shape index (κ2) is 4.49. The Morgan fingerprint density at radius 2 is 2.17 bits per heavy atom. The van der Waals surface area contributed by atoms with Crippen molar-refractivity contribution in [2.75, 3.05) is 6.54 Å². The van der Waals surface area contributed by atoms with E-state index in [1.807, 2.05) is 0 Å². The second-order valence-corrected chi connectivity index (χ2v) is 5.31. The van der Waals surface area contributed by atoms with E-state index in [-0.39, 0.29) is 12.3 Å². The van der Waals surface area contributed by atoms with Crippen LogP contribution in [0.15, 0.2) is 5.38 Å². The summed E-state index contributed by atoms with van der Waals surface area (Å²) >= 11 is 1.35. The number of carboxylic acids is 1. The van der Waals surface area contributed by atoms with Gasteiger partial charge in [-0.2, -0.15) is 0 Å². The summed E-state index contributed by atoms with van der Waals surface area (Å²) in [7, 11) is 0. The van der Waals surface area contributed by atoms with Crippen molar-refractivity contribution in [2.45, 2.75) is 19.8 Å². The Balaban J connectivity index is 1.91. The van der Waals surface area contributed by atoms with Crippen LogP contribution >= 0.6 is 11.3 Å². The predicted octanol–water partition coefficient (Wildman–Crippen LogP) is 0.615. The molecule has 96 valence electrons.